The van der Waals surface area contributed by atoms with Crippen molar-refractivity contribution in [2.24, 2.45) is 0 Å². The Hall–Kier alpha value is -3.51. The summed E-state index contributed by atoms with van der Waals surface area (Å²) in [6.45, 7) is 0.0347. The van der Waals surface area contributed by atoms with Gasteiger partial charge < -0.3 is 10.4 Å². The number of carbonyl (C=O) groups excluding carboxylic acids is 1. The summed E-state index contributed by atoms with van der Waals surface area (Å²) >= 11 is 0. The van der Waals surface area contributed by atoms with Gasteiger partial charge in [-0.15, -0.1) is 0 Å². The fraction of sp³-hybridized carbons (Fsp3) is 0.174. The molecule has 6 heteroatoms. The van der Waals surface area contributed by atoms with E-state index in [9.17, 15) is 20.0 Å². The lowest BCUT2D eigenvalue weighted by Gasteiger charge is -2.19. The van der Waals surface area contributed by atoms with E-state index in [4.69, 9.17) is 0 Å². The molecule has 0 unspecified atom stereocenters. The topological polar surface area (TPSA) is 92.5 Å². The normalized spacial score (nSPS) is 11.8. The first kappa shape index (κ1) is 20.2. The van der Waals surface area contributed by atoms with Crippen molar-refractivity contribution in [1.29, 1.82) is 0 Å². The summed E-state index contributed by atoms with van der Waals surface area (Å²) in [5.41, 5.74) is 2.56. The number of nitrogens with one attached hydrogen (secondary N) is 1. The Morgan fingerprint density at radius 2 is 1.38 bits per heavy atom. The number of rotatable bonds is 8. The summed E-state index contributed by atoms with van der Waals surface area (Å²) in [5, 5.41) is 23.8. The van der Waals surface area contributed by atoms with Gasteiger partial charge in [0.15, 0.2) is 0 Å². The molecule has 6 nitrogen and oxygen atoms in total. The van der Waals surface area contributed by atoms with Gasteiger partial charge in [0.05, 0.1) is 11.0 Å². The number of nitrogens with zero attached hydrogens (tertiary/aromatic N) is 1. The molecule has 0 radical (unpaired) electrons. The lowest BCUT2D eigenvalue weighted by Crippen LogP contribution is -2.29. The second kappa shape index (κ2) is 9.61. The van der Waals surface area contributed by atoms with E-state index < -0.39 is 11.0 Å². The number of nitro benzene ring substituents is 1. The van der Waals surface area contributed by atoms with Crippen LogP contribution in [0.25, 0.3) is 0 Å². The number of hydrogen-bond donors (Lipinski definition) is 2. The summed E-state index contributed by atoms with van der Waals surface area (Å²) < 4.78 is 0. The molecule has 0 aliphatic carbocycles. The highest BCUT2D eigenvalue weighted by molar-refractivity contribution is 5.77. The Kier molecular flexibility index (Phi) is 6.71. The Morgan fingerprint density at radius 1 is 0.862 bits per heavy atom. The summed E-state index contributed by atoms with van der Waals surface area (Å²) in [4.78, 5) is 22.8. The highest BCUT2D eigenvalue weighted by Gasteiger charge is 2.19. The van der Waals surface area contributed by atoms with Crippen LogP contribution in [-0.2, 0) is 4.79 Å². The third kappa shape index (κ3) is 5.49. The second-order valence-electron chi connectivity index (χ2n) is 6.75. The molecule has 3 rings (SSSR count). The minimum Gasteiger partial charge on any atom is -0.387 e. The molecular weight excluding hydrogens is 368 g/mol. The van der Waals surface area contributed by atoms with Crippen LogP contribution in [0.2, 0.25) is 0 Å². The molecule has 3 aromatic carbocycles. The number of aliphatic hydroxyl groups is 1. The van der Waals surface area contributed by atoms with Gasteiger partial charge in [0.25, 0.3) is 5.69 Å². The average Bonchev–Trinajstić information content (AvgIpc) is 2.77. The van der Waals surface area contributed by atoms with E-state index in [0.29, 0.717) is 5.56 Å². The molecule has 0 aliphatic heterocycles. The minimum atomic E-state index is -0.938. The maximum absolute atomic E-state index is 12.6. The zero-order valence-electron chi connectivity index (χ0n) is 15.8. The molecule has 0 saturated carbocycles. The zero-order valence-corrected chi connectivity index (χ0v) is 15.8. The van der Waals surface area contributed by atoms with Crippen LogP contribution in [-0.4, -0.2) is 22.5 Å². The molecule has 0 heterocycles. The number of amides is 1. The number of non-ortho nitro benzene ring substituents is 1. The van der Waals surface area contributed by atoms with Crippen molar-refractivity contribution in [1.82, 2.24) is 5.32 Å². The van der Waals surface area contributed by atoms with Crippen LogP contribution < -0.4 is 5.32 Å². The van der Waals surface area contributed by atoms with Gasteiger partial charge in [-0.2, -0.15) is 0 Å². The number of carbonyl (C=O) groups is 1. The number of aliphatic hydroxyl groups excluding tert-OH is 1. The van der Waals surface area contributed by atoms with Crippen LogP contribution in [0.4, 0.5) is 5.69 Å². The first-order valence-electron chi connectivity index (χ1n) is 9.33. The fourth-order valence-electron chi connectivity index (χ4n) is 3.20. The summed E-state index contributed by atoms with van der Waals surface area (Å²) in [5.74, 6) is -0.266. The summed E-state index contributed by atoms with van der Waals surface area (Å²) in [6, 6.07) is 25.3. The van der Waals surface area contributed by atoms with Gasteiger partial charge in [-0.05, 0) is 28.8 Å². The van der Waals surface area contributed by atoms with E-state index in [-0.39, 0.29) is 30.5 Å². The van der Waals surface area contributed by atoms with Gasteiger partial charge in [0.2, 0.25) is 5.91 Å². The number of hydrogen-bond acceptors (Lipinski definition) is 4. The van der Waals surface area contributed by atoms with Gasteiger partial charge >= 0.3 is 0 Å². The molecule has 29 heavy (non-hydrogen) atoms. The molecule has 1 atom stereocenters. The molecule has 1 amide bonds. The third-order valence-corrected chi connectivity index (χ3v) is 4.77. The SMILES string of the molecule is O=C(CC(c1ccccc1)c1ccccc1)NC[C@@H](O)c1ccc([N+](=O)[O-])cc1. The molecule has 0 aromatic heterocycles. The van der Waals surface area contributed by atoms with Crippen molar-refractivity contribution in [2.45, 2.75) is 18.4 Å². The monoisotopic (exact) mass is 390 g/mol. The van der Waals surface area contributed by atoms with E-state index in [2.05, 4.69) is 5.32 Å². The molecule has 0 spiro atoms. The van der Waals surface area contributed by atoms with Crippen LogP contribution in [0.5, 0.6) is 0 Å². The van der Waals surface area contributed by atoms with Gasteiger partial charge in [-0.1, -0.05) is 60.7 Å². The average molecular weight is 390 g/mol. The van der Waals surface area contributed by atoms with Gasteiger partial charge in [0, 0.05) is 31.0 Å². The Balaban J connectivity index is 1.63. The van der Waals surface area contributed by atoms with Gasteiger partial charge in [0.1, 0.15) is 0 Å². The van der Waals surface area contributed by atoms with Crippen molar-refractivity contribution in [3.63, 3.8) is 0 Å². The van der Waals surface area contributed by atoms with Crippen molar-refractivity contribution in [2.75, 3.05) is 6.54 Å². The fourth-order valence-corrected chi connectivity index (χ4v) is 3.20. The Labute approximate surface area is 169 Å². The quantitative estimate of drug-likeness (QED) is 0.450. The molecule has 0 fully saturated rings. The largest absolute Gasteiger partial charge is 0.387 e. The highest BCUT2D eigenvalue weighted by Crippen LogP contribution is 2.27. The maximum Gasteiger partial charge on any atom is 0.269 e. The number of nitro groups is 1. The third-order valence-electron chi connectivity index (χ3n) is 4.77. The van der Waals surface area contributed by atoms with Crippen molar-refractivity contribution >= 4 is 11.6 Å². The van der Waals surface area contributed by atoms with Crippen LogP contribution in [0.1, 0.15) is 35.1 Å². The lowest BCUT2D eigenvalue weighted by molar-refractivity contribution is -0.384. The summed E-state index contributed by atoms with van der Waals surface area (Å²) in [7, 11) is 0. The maximum atomic E-state index is 12.6. The Morgan fingerprint density at radius 3 is 1.86 bits per heavy atom. The van der Waals surface area contributed by atoms with Crippen molar-refractivity contribution in [3.05, 3.63) is 112 Å². The molecule has 0 aliphatic rings. The van der Waals surface area contributed by atoms with E-state index in [0.717, 1.165) is 11.1 Å². The van der Waals surface area contributed by atoms with Crippen molar-refractivity contribution < 1.29 is 14.8 Å². The predicted octanol–water partition coefficient (Wildman–Crippen LogP) is 3.97. The first-order valence-corrected chi connectivity index (χ1v) is 9.33. The van der Waals surface area contributed by atoms with Gasteiger partial charge in [-0.25, -0.2) is 0 Å². The first-order chi connectivity index (χ1) is 14.0. The molecule has 2 N–H and O–H groups in total. The second-order valence-corrected chi connectivity index (χ2v) is 6.75. The highest BCUT2D eigenvalue weighted by atomic mass is 16.6. The van der Waals surface area contributed by atoms with E-state index in [1.54, 1.807) is 0 Å². The molecule has 0 bridgehead atoms. The van der Waals surface area contributed by atoms with Crippen molar-refractivity contribution in [3.8, 4) is 0 Å². The molecule has 3 aromatic rings. The van der Waals surface area contributed by atoms with Crippen LogP contribution in [0, 0.1) is 10.1 Å². The standard InChI is InChI=1S/C23H22N2O4/c26-22(19-11-13-20(14-12-19)25(28)29)16-24-23(27)15-21(17-7-3-1-4-8-17)18-9-5-2-6-10-18/h1-14,21-22,26H,15-16H2,(H,24,27)/t22-/m1/s1. The van der Waals surface area contributed by atoms with E-state index >= 15 is 0 Å². The minimum absolute atomic E-state index is 0.0347. The predicted molar refractivity (Wildman–Crippen MR) is 110 cm³/mol. The van der Waals surface area contributed by atoms with E-state index in [1.165, 1.54) is 24.3 Å². The van der Waals surface area contributed by atoms with Crippen LogP contribution in [0.3, 0.4) is 0 Å². The van der Waals surface area contributed by atoms with Crippen LogP contribution >= 0.6 is 0 Å². The zero-order chi connectivity index (χ0) is 20.6. The lowest BCUT2D eigenvalue weighted by atomic mass is 9.88. The number of benzene rings is 3. The Bertz CT molecular complexity index is 904. The molecule has 0 saturated heterocycles. The molecule has 148 valence electrons. The summed E-state index contributed by atoms with van der Waals surface area (Å²) in [6.07, 6.45) is -0.687. The smallest absolute Gasteiger partial charge is 0.269 e. The van der Waals surface area contributed by atoms with Gasteiger partial charge in [-0.3, -0.25) is 14.9 Å². The van der Waals surface area contributed by atoms with Crippen LogP contribution in [0.15, 0.2) is 84.9 Å². The van der Waals surface area contributed by atoms with E-state index in [1.807, 2.05) is 60.7 Å². The molecular formula is C23H22N2O4.